The van der Waals surface area contributed by atoms with Crippen molar-refractivity contribution < 1.29 is 13.2 Å². The molecular weight excluding hydrogens is 276 g/mol. The summed E-state index contributed by atoms with van der Waals surface area (Å²) in [6.07, 6.45) is 0.712. The fraction of sp³-hybridized carbons (Fsp3) is 0.500. The number of rotatable bonds is 7. The van der Waals surface area contributed by atoms with E-state index in [4.69, 9.17) is 0 Å². The molecule has 0 saturated heterocycles. The molecule has 1 atom stereocenters. The monoisotopic (exact) mass is 298 g/mol. The molecule has 0 bridgehead atoms. The third-order valence-electron chi connectivity index (χ3n) is 3.37. The van der Waals surface area contributed by atoms with Gasteiger partial charge in [0.05, 0.1) is 17.8 Å². The first kappa shape index (κ1) is 16.7. The zero-order valence-corrected chi connectivity index (χ0v) is 13.0. The molecule has 6 heteroatoms. The fourth-order valence-electron chi connectivity index (χ4n) is 1.80. The maximum Gasteiger partial charge on any atom is 0.235 e. The number of benzene rings is 1. The van der Waals surface area contributed by atoms with Crippen molar-refractivity contribution in [3.05, 3.63) is 35.9 Å². The minimum absolute atomic E-state index is 0.0377. The molecule has 0 radical (unpaired) electrons. The molecule has 5 nitrogen and oxygen atoms in total. The molecule has 0 aromatic heterocycles. The summed E-state index contributed by atoms with van der Waals surface area (Å²) >= 11 is 0. The Morgan fingerprint density at radius 1 is 1.20 bits per heavy atom. The lowest BCUT2D eigenvalue weighted by atomic mass is 9.89. The summed E-state index contributed by atoms with van der Waals surface area (Å²) < 4.78 is 24.9. The van der Waals surface area contributed by atoms with Crippen LogP contribution in [0.2, 0.25) is 0 Å². The average Bonchev–Trinajstić information content (AvgIpc) is 2.46. The van der Waals surface area contributed by atoms with E-state index in [-0.39, 0.29) is 18.2 Å². The Bertz CT molecular complexity index is 543. The highest BCUT2D eigenvalue weighted by Crippen LogP contribution is 2.23. The minimum Gasteiger partial charge on any atom is -0.346 e. The summed E-state index contributed by atoms with van der Waals surface area (Å²) in [6, 6.07) is 9.63. The normalized spacial score (nSPS) is 14.6. The Kier molecular flexibility index (Phi) is 5.71. The van der Waals surface area contributed by atoms with Crippen molar-refractivity contribution in [1.82, 2.24) is 10.0 Å². The van der Waals surface area contributed by atoms with Gasteiger partial charge in [0.15, 0.2) is 0 Å². The Morgan fingerprint density at radius 3 is 2.30 bits per heavy atom. The summed E-state index contributed by atoms with van der Waals surface area (Å²) in [5.74, 6) is -0.375. The van der Waals surface area contributed by atoms with Crippen LogP contribution in [-0.2, 0) is 20.4 Å². The average molecular weight is 298 g/mol. The van der Waals surface area contributed by atoms with Crippen molar-refractivity contribution in [1.29, 1.82) is 0 Å². The van der Waals surface area contributed by atoms with E-state index in [9.17, 15) is 13.2 Å². The van der Waals surface area contributed by atoms with Gasteiger partial charge in [-0.15, -0.1) is 0 Å². The lowest BCUT2D eigenvalue weighted by Crippen LogP contribution is -2.47. The van der Waals surface area contributed by atoms with Crippen molar-refractivity contribution in [3.8, 4) is 0 Å². The lowest BCUT2D eigenvalue weighted by molar-refractivity contribution is -0.121. The van der Waals surface area contributed by atoms with E-state index in [0.717, 1.165) is 5.56 Å². The lowest BCUT2D eigenvalue weighted by Gasteiger charge is -2.30. The van der Waals surface area contributed by atoms with E-state index in [0.29, 0.717) is 6.42 Å². The van der Waals surface area contributed by atoms with Crippen LogP contribution in [-0.4, -0.2) is 26.6 Å². The maximum atomic E-state index is 11.9. The van der Waals surface area contributed by atoms with Gasteiger partial charge in [-0.05, 0) is 25.8 Å². The highest BCUT2D eigenvalue weighted by atomic mass is 32.2. The van der Waals surface area contributed by atoms with E-state index in [2.05, 4.69) is 10.0 Å². The Morgan fingerprint density at radius 2 is 1.80 bits per heavy atom. The van der Waals surface area contributed by atoms with Crippen LogP contribution < -0.4 is 10.0 Å². The predicted molar refractivity (Wildman–Crippen MR) is 79.7 cm³/mol. The van der Waals surface area contributed by atoms with Gasteiger partial charge in [-0.1, -0.05) is 37.3 Å². The fourth-order valence-corrected chi connectivity index (χ4v) is 2.36. The molecule has 2 N–H and O–H groups in total. The molecule has 0 heterocycles. The second-order valence-corrected chi connectivity index (χ2v) is 6.92. The van der Waals surface area contributed by atoms with E-state index in [1.54, 1.807) is 0 Å². The molecule has 1 aromatic carbocycles. The van der Waals surface area contributed by atoms with Crippen molar-refractivity contribution in [2.75, 3.05) is 12.3 Å². The molecule has 20 heavy (non-hydrogen) atoms. The van der Waals surface area contributed by atoms with Crippen LogP contribution in [0.4, 0.5) is 0 Å². The van der Waals surface area contributed by atoms with Gasteiger partial charge in [0.25, 0.3) is 0 Å². The second-order valence-electron chi connectivity index (χ2n) is 4.82. The third kappa shape index (κ3) is 4.61. The van der Waals surface area contributed by atoms with Crippen LogP contribution in [0.3, 0.4) is 0 Å². The third-order valence-corrected chi connectivity index (χ3v) is 4.71. The number of sulfonamides is 1. The maximum absolute atomic E-state index is 11.9. The highest BCUT2D eigenvalue weighted by molar-refractivity contribution is 7.89. The van der Waals surface area contributed by atoms with E-state index in [1.807, 2.05) is 44.2 Å². The molecule has 1 amide bonds. The largest absolute Gasteiger partial charge is 0.346 e. The van der Waals surface area contributed by atoms with Crippen LogP contribution >= 0.6 is 0 Å². The summed E-state index contributed by atoms with van der Waals surface area (Å²) in [5.41, 5.74) is 0.491. The van der Waals surface area contributed by atoms with Crippen LogP contribution in [0, 0.1) is 0 Å². The molecular formula is C14H22N2O3S. The van der Waals surface area contributed by atoms with Gasteiger partial charge < -0.3 is 5.32 Å². The number of carbonyl (C=O) groups excluding carboxylic acids is 1. The van der Waals surface area contributed by atoms with E-state index < -0.39 is 15.6 Å². The zero-order chi connectivity index (χ0) is 15.2. The molecule has 0 spiro atoms. The Labute approximate surface area is 120 Å². The van der Waals surface area contributed by atoms with Crippen molar-refractivity contribution in [3.63, 3.8) is 0 Å². The van der Waals surface area contributed by atoms with Gasteiger partial charge in [-0.25, -0.2) is 13.1 Å². The van der Waals surface area contributed by atoms with Gasteiger partial charge in [-0.2, -0.15) is 0 Å². The topological polar surface area (TPSA) is 75.3 Å². The summed E-state index contributed by atoms with van der Waals surface area (Å²) in [6.45, 7) is 5.19. The van der Waals surface area contributed by atoms with Crippen LogP contribution in [0.5, 0.6) is 0 Å². The minimum atomic E-state index is -3.35. The first-order valence-electron chi connectivity index (χ1n) is 6.67. The second kappa shape index (κ2) is 6.85. The van der Waals surface area contributed by atoms with E-state index in [1.165, 1.54) is 6.92 Å². The first-order chi connectivity index (χ1) is 9.33. The highest BCUT2D eigenvalue weighted by Gasteiger charge is 2.26. The molecule has 0 aliphatic heterocycles. The van der Waals surface area contributed by atoms with E-state index >= 15 is 0 Å². The van der Waals surface area contributed by atoms with Gasteiger partial charge in [0, 0.05) is 0 Å². The van der Waals surface area contributed by atoms with Crippen LogP contribution in [0.1, 0.15) is 32.8 Å². The van der Waals surface area contributed by atoms with Crippen LogP contribution in [0.15, 0.2) is 30.3 Å². The summed E-state index contributed by atoms with van der Waals surface area (Å²) in [5, 5.41) is 2.89. The first-order valence-corrected chi connectivity index (χ1v) is 8.32. The molecule has 1 rings (SSSR count). The van der Waals surface area contributed by atoms with Gasteiger partial charge in [-0.3, -0.25) is 4.79 Å². The molecule has 0 aliphatic rings. The van der Waals surface area contributed by atoms with Gasteiger partial charge in [0.1, 0.15) is 0 Å². The number of carbonyl (C=O) groups is 1. The predicted octanol–water partition coefficient (Wildman–Crippen LogP) is 1.37. The van der Waals surface area contributed by atoms with Crippen molar-refractivity contribution >= 4 is 15.9 Å². The van der Waals surface area contributed by atoms with Crippen molar-refractivity contribution in [2.24, 2.45) is 0 Å². The Balaban J connectivity index is 2.72. The number of amides is 1. The molecule has 0 aliphatic carbocycles. The molecule has 0 fully saturated rings. The Hall–Kier alpha value is -1.40. The summed E-state index contributed by atoms with van der Waals surface area (Å²) in [4.78, 5) is 11.9. The molecule has 1 aromatic rings. The quantitative estimate of drug-likeness (QED) is 0.798. The summed E-state index contributed by atoms with van der Waals surface area (Å²) in [7, 11) is -3.35. The van der Waals surface area contributed by atoms with Crippen molar-refractivity contribution in [2.45, 2.75) is 32.7 Å². The van der Waals surface area contributed by atoms with Crippen LogP contribution in [0.25, 0.3) is 0 Å². The number of hydrogen-bond acceptors (Lipinski definition) is 3. The SMILES string of the molecule is CCC(C)(NC(=O)CNS(=O)(=O)CC)c1ccccc1. The standard InChI is InChI=1S/C14H22N2O3S/c1-4-14(3,12-9-7-6-8-10-12)16-13(17)11-15-20(18,19)5-2/h6-10,15H,4-5,11H2,1-3H3,(H,16,17). The molecule has 1 unspecified atom stereocenters. The smallest absolute Gasteiger partial charge is 0.235 e. The molecule has 112 valence electrons. The van der Waals surface area contributed by atoms with Gasteiger partial charge >= 0.3 is 0 Å². The number of nitrogens with one attached hydrogen (secondary N) is 2. The van der Waals surface area contributed by atoms with Gasteiger partial charge in [0.2, 0.25) is 15.9 Å². The number of hydrogen-bond donors (Lipinski definition) is 2. The zero-order valence-electron chi connectivity index (χ0n) is 12.1. The molecule has 0 saturated carbocycles.